The van der Waals surface area contributed by atoms with E-state index in [9.17, 15) is 13.0 Å². The van der Waals surface area contributed by atoms with Crippen LogP contribution in [0.2, 0.25) is 0 Å². The van der Waals surface area contributed by atoms with Gasteiger partial charge >= 0.3 is 7.82 Å². The van der Waals surface area contributed by atoms with Gasteiger partial charge in [0.05, 0.1) is 12.4 Å². The highest BCUT2D eigenvalue weighted by atomic mass is 32.2. The van der Waals surface area contributed by atoms with Crippen LogP contribution in [0.25, 0.3) is 0 Å². The third-order valence-electron chi connectivity index (χ3n) is 2.15. The van der Waals surface area contributed by atoms with Crippen LogP contribution in [-0.2, 0) is 28.3 Å². The summed E-state index contributed by atoms with van der Waals surface area (Å²) in [4.78, 5) is 0. The number of rotatable bonds is 9. The lowest BCUT2D eigenvalue weighted by molar-refractivity contribution is 0.149. The van der Waals surface area contributed by atoms with Gasteiger partial charge in [-0.25, -0.2) is 4.57 Å². The summed E-state index contributed by atoms with van der Waals surface area (Å²) in [6.07, 6.45) is 0.791. The molecule has 0 aromatic rings. The molecule has 9 heteroatoms. The highest BCUT2D eigenvalue weighted by Crippen LogP contribution is 2.47. The minimum absolute atomic E-state index is 0.0757. The summed E-state index contributed by atoms with van der Waals surface area (Å²) in [5, 5.41) is 0. The first kappa shape index (κ1) is 18.6. The topological polar surface area (TPSA) is 99.1 Å². The molecule has 0 aromatic heterocycles. The first-order chi connectivity index (χ1) is 8.76. The van der Waals surface area contributed by atoms with Crippen molar-refractivity contribution in [2.75, 3.05) is 26.6 Å². The molecule has 0 saturated carbocycles. The highest BCUT2D eigenvalue weighted by molar-refractivity contribution is 7.85. The number of hydrogen-bond donors (Lipinski definition) is 1. The monoisotopic (exact) mass is 314 g/mol. The Morgan fingerprint density at radius 2 is 1.89 bits per heavy atom. The summed E-state index contributed by atoms with van der Waals surface area (Å²) in [6.45, 7) is 1.66. The molecular weight excluding hydrogens is 295 g/mol. The van der Waals surface area contributed by atoms with Gasteiger partial charge in [-0.3, -0.25) is 18.1 Å². The minimum Gasteiger partial charge on any atom is -0.290 e. The average Bonchev–Trinajstić information content (AvgIpc) is 2.32. The van der Waals surface area contributed by atoms with Crippen LogP contribution in [-0.4, -0.2) is 39.5 Å². The molecule has 1 unspecified atom stereocenters. The van der Waals surface area contributed by atoms with Crippen LogP contribution in [0.4, 0.5) is 0 Å². The van der Waals surface area contributed by atoms with E-state index < -0.39 is 29.6 Å². The first-order valence-corrected chi connectivity index (χ1v) is 8.56. The first-order valence-electron chi connectivity index (χ1n) is 5.50. The molecule has 0 fully saturated rings. The normalized spacial score (nSPS) is 13.7. The summed E-state index contributed by atoms with van der Waals surface area (Å²) in [5.74, 6) is 4.36. The van der Waals surface area contributed by atoms with Crippen LogP contribution < -0.4 is 0 Å². The average molecular weight is 314 g/mol. The van der Waals surface area contributed by atoms with Gasteiger partial charge in [0.1, 0.15) is 0 Å². The molecule has 0 amide bonds. The van der Waals surface area contributed by atoms with Crippen LogP contribution in [0, 0.1) is 17.8 Å². The van der Waals surface area contributed by atoms with E-state index in [1.165, 1.54) is 14.2 Å². The Kier molecular flexibility index (Phi) is 8.50. The molecule has 7 nitrogen and oxygen atoms in total. The molecule has 0 aliphatic rings. The molecule has 0 aromatic carbocycles. The van der Waals surface area contributed by atoms with Gasteiger partial charge in [0.2, 0.25) is 0 Å². The van der Waals surface area contributed by atoms with E-state index in [-0.39, 0.29) is 6.61 Å². The fourth-order valence-corrected chi connectivity index (χ4v) is 2.81. The van der Waals surface area contributed by atoms with Crippen molar-refractivity contribution < 1.29 is 31.1 Å². The van der Waals surface area contributed by atoms with Gasteiger partial charge in [-0.15, -0.1) is 5.92 Å². The van der Waals surface area contributed by atoms with E-state index in [1.54, 1.807) is 6.92 Å². The molecule has 0 spiro atoms. The van der Waals surface area contributed by atoms with E-state index in [4.69, 9.17) is 9.08 Å². The zero-order valence-corrected chi connectivity index (χ0v) is 12.9. The summed E-state index contributed by atoms with van der Waals surface area (Å²) in [6, 6.07) is 0. The Morgan fingerprint density at radius 3 is 2.32 bits per heavy atom. The zero-order chi connectivity index (χ0) is 14.9. The minimum atomic E-state index is -4.07. The molecule has 1 atom stereocenters. The number of hydrogen-bond acceptors (Lipinski definition) is 6. The van der Waals surface area contributed by atoms with Crippen molar-refractivity contribution in [2.24, 2.45) is 5.92 Å². The summed E-state index contributed by atoms with van der Waals surface area (Å²) >= 11 is 0. The maximum Gasteiger partial charge on any atom is 0.474 e. The smallest absolute Gasteiger partial charge is 0.290 e. The third kappa shape index (κ3) is 9.16. The summed E-state index contributed by atoms with van der Waals surface area (Å²) in [5.41, 5.74) is 0. The number of phosphoric ester groups is 1. The van der Waals surface area contributed by atoms with Crippen molar-refractivity contribution in [1.29, 1.82) is 0 Å². The van der Waals surface area contributed by atoms with Gasteiger partial charge in [0.25, 0.3) is 10.1 Å². The summed E-state index contributed by atoms with van der Waals surface area (Å²) < 4.78 is 55.9. The van der Waals surface area contributed by atoms with E-state index >= 15 is 0 Å². The quantitative estimate of drug-likeness (QED) is 0.299. The van der Waals surface area contributed by atoms with Crippen molar-refractivity contribution in [3.05, 3.63) is 0 Å². The molecule has 0 heterocycles. The molecule has 0 saturated heterocycles. The lowest BCUT2D eigenvalue weighted by Crippen LogP contribution is -2.14. The van der Waals surface area contributed by atoms with Crippen molar-refractivity contribution in [2.45, 2.75) is 19.8 Å². The molecule has 0 radical (unpaired) electrons. The van der Waals surface area contributed by atoms with E-state index in [0.717, 1.165) is 0 Å². The highest BCUT2D eigenvalue weighted by Gasteiger charge is 2.22. The van der Waals surface area contributed by atoms with Crippen LogP contribution in [0.1, 0.15) is 19.8 Å². The van der Waals surface area contributed by atoms with Gasteiger partial charge in [-0.05, 0) is 19.8 Å². The van der Waals surface area contributed by atoms with Gasteiger partial charge in [-0.2, -0.15) is 8.42 Å². The standard InChI is InChI=1S/C10H19O7PS/c1-4-6-10(9-19(12,13)14)7-5-8-17-18(11,15-2)16-3/h10H,5,7-9H2,1-3H3,(H,12,13,14). The van der Waals surface area contributed by atoms with Crippen LogP contribution in [0.15, 0.2) is 0 Å². The second kappa shape index (κ2) is 8.69. The maximum absolute atomic E-state index is 11.5. The van der Waals surface area contributed by atoms with E-state index in [2.05, 4.69) is 20.9 Å². The fourth-order valence-electron chi connectivity index (χ4n) is 1.34. The summed E-state index contributed by atoms with van der Waals surface area (Å²) in [7, 11) is -5.16. The van der Waals surface area contributed by atoms with Crippen molar-refractivity contribution in [3.63, 3.8) is 0 Å². The fraction of sp³-hybridized carbons (Fsp3) is 0.800. The van der Waals surface area contributed by atoms with Crippen LogP contribution in [0.3, 0.4) is 0 Å². The second-order valence-corrected chi connectivity index (χ2v) is 7.01. The SMILES string of the molecule is CC#CC(CCCOP(=O)(OC)OC)CS(=O)(=O)O. The molecular formula is C10H19O7PS. The van der Waals surface area contributed by atoms with Crippen LogP contribution in [0.5, 0.6) is 0 Å². The molecule has 19 heavy (non-hydrogen) atoms. The lowest BCUT2D eigenvalue weighted by atomic mass is 10.1. The lowest BCUT2D eigenvalue weighted by Gasteiger charge is -2.14. The Bertz CT molecular complexity index is 454. The van der Waals surface area contributed by atoms with Crippen LogP contribution >= 0.6 is 7.82 Å². The Labute approximate surface area is 114 Å². The molecule has 0 aliphatic carbocycles. The van der Waals surface area contributed by atoms with Crippen molar-refractivity contribution in [3.8, 4) is 11.8 Å². The number of phosphoric acid groups is 1. The molecule has 0 bridgehead atoms. The molecule has 0 aliphatic heterocycles. The van der Waals surface area contributed by atoms with Gasteiger partial charge < -0.3 is 0 Å². The Balaban J connectivity index is 4.21. The van der Waals surface area contributed by atoms with Gasteiger partial charge in [-0.1, -0.05) is 5.92 Å². The molecule has 1 N–H and O–H groups in total. The van der Waals surface area contributed by atoms with E-state index in [1.807, 2.05) is 0 Å². The predicted octanol–water partition coefficient (Wildman–Crippen LogP) is 1.71. The van der Waals surface area contributed by atoms with Crippen molar-refractivity contribution in [1.82, 2.24) is 0 Å². The molecule has 0 rings (SSSR count). The Morgan fingerprint density at radius 1 is 1.32 bits per heavy atom. The van der Waals surface area contributed by atoms with Crippen molar-refractivity contribution >= 4 is 17.9 Å². The van der Waals surface area contributed by atoms with Gasteiger partial charge in [0.15, 0.2) is 0 Å². The largest absolute Gasteiger partial charge is 0.474 e. The Hall–Kier alpha value is -0.420. The van der Waals surface area contributed by atoms with Gasteiger partial charge in [0, 0.05) is 20.1 Å². The predicted molar refractivity (Wildman–Crippen MR) is 70.2 cm³/mol. The van der Waals surface area contributed by atoms with E-state index in [0.29, 0.717) is 12.8 Å². The molecule has 112 valence electrons. The third-order valence-corrected chi connectivity index (χ3v) is 4.37. The zero-order valence-electron chi connectivity index (χ0n) is 11.2. The second-order valence-electron chi connectivity index (χ2n) is 3.63. The maximum atomic E-state index is 11.5.